The van der Waals surface area contributed by atoms with E-state index in [0.717, 1.165) is 38.3 Å². The molecule has 0 amide bonds. The van der Waals surface area contributed by atoms with Crippen molar-refractivity contribution in [3.63, 3.8) is 0 Å². The van der Waals surface area contributed by atoms with Crippen LogP contribution in [0.25, 0.3) is 0 Å². The monoisotopic (exact) mass is 592 g/mol. The van der Waals surface area contributed by atoms with Gasteiger partial charge in [0.2, 0.25) is 5.78 Å². The van der Waals surface area contributed by atoms with Crippen LogP contribution in [0.2, 0.25) is 0 Å². The number of nitrogens with zero attached hydrogens (tertiary/aromatic N) is 2. The minimum absolute atomic E-state index is 0.163. The summed E-state index contributed by atoms with van der Waals surface area (Å²) < 4.78 is 27.4. The highest BCUT2D eigenvalue weighted by molar-refractivity contribution is 7.80. The third-order valence-corrected chi connectivity index (χ3v) is 6.26. The van der Waals surface area contributed by atoms with E-state index in [9.17, 15) is 24.0 Å². The number of nitrogens with two attached hydrogens (primary N) is 1. The van der Waals surface area contributed by atoms with Gasteiger partial charge in [0, 0.05) is 27.7 Å². The predicted octanol–water partition coefficient (Wildman–Crippen LogP) is 1.17. The van der Waals surface area contributed by atoms with E-state index in [-0.39, 0.29) is 16.9 Å². The zero-order valence-corrected chi connectivity index (χ0v) is 24.2. The molecule has 15 heteroatoms. The summed E-state index contributed by atoms with van der Waals surface area (Å²) >= 11 is 5.23. The summed E-state index contributed by atoms with van der Waals surface area (Å²) in [5, 5.41) is 0.621. The number of ether oxygens (including phenoxy) is 5. The molecule has 0 aliphatic carbocycles. The number of rotatable bonds is 7. The number of Topliss-reactive ketones (excluding diaryl/α,β-unsaturated/α-hetero) is 1. The first kappa shape index (κ1) is 31.4. The van der Waals surface area contributed by atoms with Gasteiger partial charge in [-0.2, -0.15) is 0 Å². The van der Waals surface area contributed by atoms with Crippen LogP contribution in [0, 0.1) is 0 Å². The lowest BCUT2D eigenvalue weighted by Crippen LogP contribution is -2.70. The van der Waals surface area contributed by atoms with E-state index in [0.29, 0.717) is 11.3 Å². The molecule has 1 fully saturated rings. The minimum atomic E-state index is -1.50. The number of amidine groups is 1. The molecule has 0 saturated carbocycles. The Morgan fingerprint density at radius 2 is 1.59 bits per heavy atom. The standard InChI is InChI=1S/C26H32N4O10S/c1-11(2)16-7-8-18-17(9-16)20(35)24(28-18)29-30(26(27)41)25-23(39-15(6)34)22(38-14(5)33)21(37-13(4)32)19(40-25)10-36-12(3)31/h7-9,11,19,21-23,25H,10H2,1-6H3,(H2,27,41)(H,28,29,35)/t19-,21+,22+,23-,25-/m1/s1. The lowest BCUT2D eigenvalue weighted by atomic mass is 9.97. The number of aliphatic imine (C=N–C) groups is 1. The second kappa shape index (κ2) is 13.0. The molecule has 3 rings (SSSR count). The number of hydrogen-bond acceptors (Lipinski definition) is 13. The molecule has 1 aromatic rings. The molecule has 0 radical (unpaired) electrons. The number of ketones is 1. The van der Waals surface area contributed by atoms with E-state index in [1.165, 1.54) is 0 Å². The molecule has 0 aromatic heterocycles. The van der Waals surface area contributed by atoms with Gasteiger partial charge in [0.1, 0.15) is 12.7 Å². The first-order valence-electron chi connectivity index (χ1n) is 12.6. The Balaban J connectivity index is 2.04. The van der Waals surface area contributed by atoms with E-state index in [2.05, 4.69) is 10.4 Å². The van der Waals surface area contributed by atoms with Gasteiger partial charge in [0.15, 0.2) is 35.5 Å². The molecule has 0 bridgehead atoms. The summed E-state index contributed by atoms with van der Waals surface area (Å²) in [7, 11) is 0. The van der Waals surface area contributed by atoms with Gasteiger partial charge in [-0.3, -0.25) is 29.4 Å². The lowest BCUT2D eigenvalue weighted by Gasteiger charge is -2.47. The summed E-state index contributed by atoms with van der Waals surface area (Å²) in [4.78, 5) is 65.5. The van der Waals surface area contributed by atoms with Gasteiger partial charge in [0.25, 0.3) is 0 Å². The van der Waals surface area contributed by atoms with Crippen molar-refractivity contribution in [3.8, 4) is 0 Å². The highest BCUT2D eigenvalue weighted by Gasteiger charge is 2.54. The van der Waals surface area contributed by atoms with Crippen LogP contribution in [0.5, 0.6) is 0 Å². The van der Waals surface area contributed by atoms with Crippen LogP contribution in [-0.2, 0) is 42.9 Å². The van der Waals surface area contributed by atoms with Crippen LogP contribution in [0.15, 0.2) is 23.2 Å². The molecule has 2 aliphatic heterocycles. The number of thiocarbonyl (C=S) groups is 1. The lowest BCUT2D eigenvalue weighted by molar-refractivity contribution is -0.273. The van der Waals surface area contributed by atoms with E-state index in [4.69, 9.17) is 41.6 Å². The molecular formula is C26H32N4O10S. The maximum absolute atomic E-state index is 13.3. The van der Waals surface area contributed by atoms with Gasteiger partial charge in [-0.05, 0) is 35.8 Å². The van der Waals surface area contributed by atoms with Crippen LogP contribution in [0.1, 0.15) is 63.4 Å². The third-order valence-electron chi connectivity index (χ3n) is 6.06. The average molecular weight is 593 g/mol. The zero-order chi connectivity index (χ0) is 30.6. The molecule has 2 aliphatic rings. The molecule has 222 valence electrons. The molecule has 3 N–H and O–H groups in total. The smallest absolute Gasteiger partial charge is 0.303 e. The van der Waals surface area contributed by atoms with E-state index in [1.807, 2.05) is 19.9 Å². The Bertz CT molecular complexity index is 1280. The Kier molecular flexibility index (Phi) is 9.99. The molecule has 41 heavy (non-hydrogen) atoms. The van der Waals surface area contributed by atoms with Crippen LogP contribution in [0.3, 0.4) is 0 Å². The SMILES string of the molecule is CC(=O)OC[C@H]1O[C@@H](N(NC2=Nc3ccc(C(C)C)cc3C2=O)C(N)=S)[C@H](OC(C)=O)[C@@H](OC(C)=O)[C@H]1OC(C)=O. The number of nitrogens with one attached hydrogen (secondary N) is 1. The van der Waals surface area contributed by atoms with Crippen LogP contribution in [0.4, 0.5) is 5.69 Å². The Morgan fingerprint density at radius 1 is 1.00 bits per heavy atom. The van der Waals surface area contributed by atoms with Crippen LogP contribution < -0.4 is 11.2 Å². The van der Waals surface area contributed by atoms with E-state index >= 15 is 0 Å². The fourth-order valence-corrected chi connectivity index (χ4v) is 4.49. The van der Waals surface area contributed by atoms with Gasteiger partial charge in [-0.1, -0.05) is 19.9 Å². The number of esters is 4. The Hall–Kier alpha value is -4.11. The van der Waals surface area contributed by atoms with Crippen molar-refractivity contribution in [1.29, 1.82) is 0 Å². The number of benzene rings is 1. The average Bonchev–Trinajstić information content (AvgIpc) is 3.17. The maximum atomic E-state index is 13.3. The van der Waals surface area contributed by atoms with E-state index in [1.54, 1.807) is 12.1 Å². The summed E-state index contributed by atoms with van der Waals surface area (Å²) in [6.45, 7) is 7.97. The van der Waals surface area contributed by atoms with E-state index < -0.39 is 66.9 Å². The number of carbonyl (C=O) groups is 5. The van der Waals surface area contributed by atoms with Gasteiger partial charge in [0.05, 0.1) is 11.3 Å². The number of fused-ring (bicyclic) bond motifs is 1. The number of carbonyl (C=O) groups excluding carboxylic acids is 5. The van der Waals surface area contributed by atoms with Crippen molar-refractivity contribution in [1.82, 2.24) is 10.4 Å². The fraction of sp³-hybridized carbons (Fsp3) is 0.500. The summed E-state index contributed by atoms with van der Waals surface area (Å²) in [5.74, 6) is -3.54. The molecule has 5 atom stereocenters. The van der Waals surface area contributed by atoms with Crippen molar-refractivity contribution in [2.45, 2.75) is 78.1 Å². The molecule has 0 unspecified atom stereocenters. The second-order valence-corrected chi connectivity index (χ2v) is 10.0. The Morgan fingerprint density at radius 3 is 2.12 bits per heavy atom. The van der Waals surface area contributed by atoms with Gasteiger partial charge in [-0.15, -0.1) is 0 Å². The van der Waals surface area contributed by atoms with Gasteiger partial charge < -0.3 is 29.4 Å². The highest BCUT2D eigenvalue weighted by Crippen LogP contribution is 2.32. The normalized spacial score (nSPS) is 23.1. The number of hydrogen-bond donors (Lipinski definition) is 2. The fourth-order valence-electron chi connectivity index (χ4n) is 4.34. The quantitative estimate of drug-likeness (QED) is 0.199. The molecule has 2 heterocycles. The van der Waals surface area contributed by atoms with Crippen LogP contribution in [-0.4, -0.2) is 82.9 Å². The zero-order valence-electron chi connectivity index (χ0n) is 23.4. The second-order valence-electron chi connectivity index (χ2n) is 9.63. The third kappa shape index (κ3) is 7.55. The topological polar surface area (TPSA) is 185 Å². The highest BCUT2D eigenvalue weighted by atomic mass is 32.1. The van der Waals surface area contributed by atoms with Crippen molar-refractivity contribution >= 4 is 58.5 Å². The molecule has 0 spiro atoms. The summed E-state index contributed by atoms with van der Waals surface area (Å²) in [6, 6.07) is 5.30. The van der Waals surface area contributed by atoms with Gasteiger partial charge in [-0.25, -0.2) is 10.0 Å². The first-order valence-corrected chi connectivity index (χ1v) is 13.0. The Labute approximate surface area is 241 Å². The predicted molar refractivity (Wildman–Crippen MR) is 146 cm³/mol. The van der Waals surface area contributed by atoms with Crippen molar-refractivity contribution in [2.75, 3.05) is 6.61 Å². The molecule has 1 saturated heterocycles. The minimum Gasteiger partial charge on any atom is -0.463 e. The van der Waals surface area contributed by atoms with Gasteiger partial charge >= 0.3 is 23.9 Å². The van der Waals surface area contributed by atoms with Crippen LogP contribution >= 0.6 is 12.2 Å². The summed E-state index contributed by atoms with van der Waals surface area (Å²) in [6.07, 6.45) is -7.09. The summed E-state index contributed by atoms with van der Waals surface area (Å²) in [5.41, 5.74) is 10.4. The van der Waals surface area contributed by atoms with Crippen molar-refractivity contribution in [2.24, 2.45) is 10.7 Å². The maximum Gasteiger partial charge on any atom is 0.303 e. The van der Waals surface area contributed by atoms with Crippen molar-refractivity contribution in [3.05, 3.63) is 29.3 Å². The molecular weight excluding hydrogens is 560 g/mol. The number of hydrazine groups is 1. The molecule has 14 nitrogen and oxygen atoms in total. The largest absolute Gasteiger partial charge is 0.463 e. The first-order chi connectivity index (χ1) is 19.2. The molecule has 1 aromatic carbocycles. The van der Waals surface area contributed by atoms with Crippen molar-refractivity contribution < 1.29 is 47.7 Å².